The van der Waals surface area contributed by atoms with Crippen LogP contribution < -0.4 is 0 Å². The first kappa shape index (κ1) is 10.4. The highest BCUT2D eigenvalue weighted by molar-refractivity contribution is 5.02. The van der Waals surface area contributed by atoms with Crippen LogP contribution in [-0.2, 0) is 0 Å². The van der Waals surface area contributed by atoms with Crippen molar-refractivity contribution in [2.24, 2.45) is 0 Å². The largest absolute Gasteiger partial charge is 0.392 e. The summed E-state index contributed by atoms with van der Waals surface area (Å²) in [5, 5.41) is 8.67. The summed E-state index contributed by atoms with van der Waals surface area (Å²) in [7, 11) is 0. The fourth-order valence-electron chi connectivity index (χ4n) is 0.755. The molecule has 0 aliphatic carbocycles. The molecule has 0 atom stereocenters. The lowest BCUT2D eigenvalue weighted by Gasteiger charge is -1.97. The summed E-state index contributed by atoms with van der Waals surface area (Å²) in [6, 6.07) is 0. The van der Waals surface area contributed by atoms with Gasteiger partial charge in [0.2, 0.25) is 0 Å². The zero-order chi connectivity index (χ0) is 8.69. The molecule has 64 valence electrons. The van der Waals surface area contributed by atoms with E-state index in [1.165, 1.54) is 5.57 Å². The van der Waals surface area contributed by atoms with Crippen molar-refractivity contribution in [3.8, 4) is 0 Å². The monoisotopic (exact) mass is 154 g/mol. The normalized spacial score (nSPS) is 13.8. The Morgan fingerprint density at radius 3 is 2.36 bits per heavy atom. The van der Waals surface area contributed by atoms with Crippen molar-refractivity contribution in [2.45, 2.75) is 33.6 Å². The molecule has 0 unspecified atom stereocenters. The molecule has 11 heavy (non-hydrogen) atoms. The Hall–Kier alpha value is -0.560. The van der Waals surface area contributed by atoms with Gasteiger partial charge in [-0.15, -0.1) is 0 Å². The van der Waals surface area contributed by atoms with E-state index < -0.39 is 0 Å². The molecule has 0 saturated heterocycles. The van der Waals surface area contributed by atoms with E-state index in [-0.39, 0.29) is 6.61 Å². The summed E-state index contributed by atoms with van der Waals surface area (Å²) >= 11 is 0. The average molecular weight is 154 g/mol. The standard InChI is InChI=1S/C10H18O/c1-4-9(2)6-5-7-10(3)8-11/h4,7,11H,5-6,8H2,1-3H3/b9-4+,10-7?. The molecule has 0 aliphatic heterocycles. The van der Waals surface area contributed by atoms with Gasteiger partial charge in [-0.2, -0.15) is 0 Å². The maximum absolute atomic E-state index is 8.67. The number of aliphatic hydroxyl groups excluding tert-OH is 1. The van der Waals surface area contributed by atoms with Gasteiger partial charge >= 0.3 is 0 Å². The number of rotatable bonds is 4. The number of allylic oxidation sites excluding steroid dienone is 3. The third kappa shape index (κ3) is 5.86. The van der Waals surface area contributed by atoms with Crippen LogP contribution in [0.3, 0.4) is 0 Å². The Bertz CT molecular complexity index is 154. The molecule has 0 bridgehead atoms. The van der Waals surface area contributed by atoms with Crippen LogP contribution >= 0.6 is 0 Å². The van der Waals surface area contributed by atoms with Crippen molar-refractivity contribution in [1.29, 1.82) is 0 Å². The molecule has 1 N–H and O–H groups in total. The summed E-state index contributed by atoms with van der Waals surface area (Å²) in [4.78, 5) is 0. The minimum Gasteiger partial charge on any atom is -0.392 e. The van der Waals surface area contributed by atoms with Gasteiger partial charge in [-0.1, -0.05) is 23.3 Å². The van der Waals surface area contributed by atoms with Gasteiger partial charge in [0.1, 0.15) is 0 Å². The SMILES string of the molecule is C/C=C(\C)CCC=C(C)CO. The summed E-state index contributed by atoms with van der Waals surface area (Å²) in [6.45, 7) is 6.32. The van der Waals surface area contributed by atoms with Crippen molar-refractivity contribution in [3.63, 3.8) is 0 Å². The van der Waals surface area contributed by atoms with Crippen LogP contribution in [0.4, 0.5) is 0 Å². The third-order valence-corrected chi connectivity index (χ3v) is 1.77. The lowest BCUT2D eigenvalue weighted by molar-refractivity contribution is 0.331. The summed E-state index contributed by atoms with van der Waals surface area (Å²) < 4.78 is 0. The quantitative estimate of drug-likeness (QED) is 0.617. The van der Waals surface area contributed by atoms with Gasteiger partial charge in [0, 0.05) is 0 Å². The predicted molar refractivity (Wildman–Crippen MR) is 49.5 cm³/mol. The Morgan fingerprint density at radius 2 is 1.91 bits per heavy atom. The molecule has 0 saturated carbocycles. The van der Waals surface area contributed by atoms with Gasteiger partial charge in [-0.3, -0.25) is 0 Å². The van der Waals surface area contributed by atoms with Gasteiger partial charge in [-0.25, -0.2) is 0 Å². The fourth-order valence-corrected chi connectivity index (χ4v) is 0.755. The van der Waals surface area contributed by atoms with E-state index in [0.717, 1.165) is 18.4 Å². The molecular weight excluding hydrogens is 136 g/mol. The molecule has 0 radical (unpaired) electrons. The van der Waals surface area contributed by atoms with Crippen LogP contribution in [0.1, 0.15) is 33.6 Å². The predicted octanol–water partition coefficient (Wildman–Crippen LogP) is 2.67. The summed E-state index contributed by atoms with van der Waals surface area (Å²) in [5.74, 6) is 0. The second kappa shape index (κ2) is 6.17. The first-order valence-corrected chi connectivity index (χ1v) is 4.09. The lowest BCUT2D eigenvalue weighted by atomic mass is 10.1. The first-order valence-electron chi connectivity index (χ1n) is 4.09. The van der Waals surface area contributed by atoms with Crippen molar-refractivity contribution in [2.75, 3.05) is 6.61 Å². The van der Waals surface area contributed by atoms with Gasteiger partial charge in [0.05, 0.1) is 6.61 Å². The van der Waals surface area contributed by atoms with Crippen LogP contribution in [0, 0.1) is 0 Å². The smallest absolute Gasteiger partial charge is 0.0639 e. The molecule has 0 aromatic rings. The highest BCUT2D eigenvalue weighted by Crippen LogP contribution is 2.05. The van der Waals surface area contributed by atoms with Gasteiger partial charge in [0.25, 0.3) is 0 Å². The van der Waals surface area contributed by atoms with Gasteiger partial charge in [0.15, 0.2) is 0 Å². The van der Waals surface area contributed by atoms with Crippen molar-refractivity contribution in [3.05, 3.63) is 23.3 Å². The number of hydrogen-bond acceptors (Lipinski definition) is 1. The van der Waals surface area contributed by atoms with E-state index in [4.69, 9.17) is 5.11 Å². The van der Waals surface area contributed by atoms with Crippen LogP contribution in [0.15, 0.2) is 23.3 Å². The highest BCUT2D eigenvalue weighted by Gasteiger charge is 1.87. The van der Waals surface area contributed by atoms with E-state index >= 15 is 0 Å². The topological polar surface area (TPSA) is 20.2 Å². The van der Waals surface area contributed by atoms with Crippen LogP contribution in [0.2, 0.25) is 0 Å². The number of aliphatic hydroxyl groups is 1. The zero-order valence-electron chi connectivity index (χ0n) is 7.72. The Balaban J connectivity index is 3.56. The Kier molecular flexibility index (Phi) is 5.86. The summed E-state index contributed by atoms with van der Waals surface area (Å²) in [5.41, 5.74) is 2.47. The number of hydrogen-bond donors (Lipinski definition) is 1. The minimum absolute atomic E-state index is 0.189. The third-order valence-electron chi connectivity index (χ3n) is 1.77. The Morgan fingerprint density at radius 1 is 1.27 bits per heavy atom. The first-order chi connectivity index (χ1) is 5.20. The van der Waals surface area contributed by atoms with Crippen molar-refractivity contribution in [1.82, 2.24) is 0 Å². The van der Waals surface area contributed by atoms with E-state index in [1.54, 1.807) is 0 Å². The highest BCUT2D eigenvalue weighted by atomic mass is 16.3. The van der Waals surface area contributed by atoms with Crippen LogP contribution in [-0.4, -0.2) is 11.7 Å². The van der Waals surface area contributed by atoms with Gasteiger partial charge in [-0.05, 0) is 33.6 Å². The second-order valence-corrected chi connectivity index (χ2v) is 2.88. The fraction of sp³-hybridized carbons (Fsp3) is 0.600. The summed E-state index contributed by atoms with van der Waals surface area (Å²) in [6.07, 6.45) is 6.37. The van der Waals surface area contributed by atoms with E-state index in [0.29, 0.717) is 0 Å². The molecule has 0 aromatic heterocycles. The molecule has 0 aromatic carbocycles. The molecule has 1 heteroatoms. The molecule has 0 amide bonds. The van der Waals surface area contributed by atoms with Crippen LogP contribution in [0.5, 0.6) is 0 Å². The van der Waals surface area contributed by atoms with E-state index in [2.05, 4.69) is 26.0 Å². The van der Waals surface area contributed by atoms with Crippen molar-refractivity contribution < 1.29 is 5.11 Å². The molecule has 0 fully saturated rings. The molecule has 0 spiro atoms. The van der Waals surface area contributed by atoms with Gasteiger partial charge < -0.3 is 5.11 Å². The maximum atomic E-state index is 8.67. The van der Waals surface area contributed by atoms with Crippen molar-refractivity contribution >= 4 is 0 Å². The van der Waals surface area contributed by atoms with E-state index in [1.807, 2.05) is 6.92 Å². The van der Waals surface area contributed by atoms with Crippen LogP contribution in [0.25, 0.3) is 0 Å². The maximum Gasteiger partial charge on any atom is 0.0639 e. The van der Waals surface area contributed by atoms with E-state index in [9.17, 15) is 0 Å². The zero-order valence-corrected chi connectivity index (χ0v) is 7.72. The minimum atomic E-state index is 0.189. The second-order valence-electron chi connectivity index (χ2n) is 2.88. The molecule has 0 heterocycles. The Labute approximate surface area is 69.4 Å². The average Bonchev–Trinajstić information content (AvgIpc) is 2.04. The molecule has 0 aliphatic rings. The lowest BCUT2D eigenvalue weighted by Crippen LogP contribution is -1.83. The molecular formula is C10H18O. The molecule has 1 nitrogen and oxygen atoms in total. The molecule has 0 rings (SSSR count).